The summed E-state index contributed by atoms with van der Waals surface area (Å²) in [5.41, 5.74) is 1.96. The summed E-state index contributed by atoms with van der Waals surface area (Å²) >= 11 is 0. The van der Waals surface area contributed by atoms with Crippen molar-refractivity contribution in [1.82, 2.24) is 9.78 Å². The molecule has 0 amide bonds. The van der Waals surface area contributed by atoms with E-state index in [9.17, 15) is 4.79 Å². The molecule has 0 saturated heterocycles. The third kappa shape index (κ3) is 1.73. The Morgan fingerprint density at radius 1 is 1.11 bits per heavy atom. The fourth-order valence-corrected chi connectivity index (χ4v) is 1.79. The molecule has 0 saturated carbocycles. The van der Waals surface area contributed by atoms with Crippen molar-refractivity contribution in [2.24, 2.45) is 0 Å². The van der Waals surface area contributed by atoms with E-state index in [0.29, 0.717) is 17.0 Å². The van der Waals surface area contributed by atoms with Crippen LogP contribution in [-0.4, -0.2) is 16.1 Å². The zero-order valence-electron chi connectivity index (χ0n) is 9.48. The molecular weight excluding hydrogens is 228 g/mol. The van der Waals surface area contributed by atoms with Crippen molar-refractivity contribution < 1.29 is 9.21 Å². The lowest BCUT2D eigenvalue weighted by atomic mass is 10.2. The first-order valence-corrected chi connectivity index (χ1v) is 5.52. The second kappa shape index (κ2) is 4.33. The molecule has 18 heavy (non-hydrogen) atoms. The van der Waals surface area contributed by atoms with E-state index in [1.54, 1.807) is 29.3 Å². The third-order valence-electron chi connectivity index (χ3n) is 2.64. The minimum Gasteiger partial charge on any atom is -0.463 e. The first-order chi connectivity index (χ1) is 8.88. The average molecular weight is 238 g/mol. The number of nitrogens with zero attached hydrogens (tertiary/aromatic N) is 2. The highest BCUT2D eigenvalue weighted by Crippen LogP contribution is 2.22. The van der Waals surface area contributed by atoms with Crippen molar-refractivity contribution in [1.29, 1.82) is 0 Å². The molecule has 3 rings (SSSR count). The monoisotopic (exact) mass is 238 g/mol. The Labute approximate surface area is 103 Å². The van der Waals surface area contributed by atoms with E-state index in [-0.39, 0.29) is 0 Å². The molecule has 2 heterocycles. The van der Waals surface area contributed by atoms with Crippen molar-refractivity contribution >= 4 is 6.29 Å². The number of hydrogen-bond donors (Lipinski definition) is 0. The zero-order chi connectivity index (χ0) is 12.4. The number of rotatable bonds is 3. The summed E-state index contributed by atoms with van der Waals surface area (Å²) in [5.74, 6) is 0.590. The van der Waals surface area contributed by atoms with Crippen LogP contribution in [0.5, 0.6) is 0 Å². The van der Waals surface area contributed by atoms with E-state index in [0.717, 1.165) is 12.0 Å². The van der Waals surface area contributed by atoms with Gasteiger partial charge in [0, 0.05) is 6.20 Å². The predicted molar refractivity (Wildman–Crippen MR) is 66.7 cm³/mol. The minimum atomic E-state index is 0.508. The second-order valence-electron chi connectivity index (χ2n) is 3.81. The minimum absolute atomic E-state index is 0.508. The molecule has 4 heteroatoms. The first kappa shape index (κ1) is 10.5. The van der Waals surface area contributed by atoms with Crippen molar-refractivity contribution in [3.8, 4) is 17.1 Å². The van der Waals surface area contributed by atoms with Crippen LogP contribution in [-0.2, 0) is 0 Å². The molecule has 0 aliphatic heterocycles. The maximum absolute atomic E-state index is 11.1. The fourth-order valence-electron chi connectivity index (χ4n) is 1.79. The molecule has 0 aliphatic carbocycles. The maximum Gasteiger partial charge on any atom is 0.154 e. The van der Waals surface area contributed by atoms with Gasteiger partial charge in [0.1, 0.15) is 5.69 Å². The van der Waals surface area contributed by atoms with Crippen molar-refractivity contribution in [3.05, 3.63) is 60.5 Å². The van der Waals surface area contributed by atoms with Crippen LogP contribution in [0.4, 0.5) is 0 Å². The predicted octanol–water partition coefficient (Wildman–Crippen LogP) is 2.94. The molecule has 0 aliphatic rings. The number of hydrogen-bond acceptors (Lipinski definition) is 3. The summed E-state index contributed by atoms with van der Waals surface area (Å²) in [6, 6.07) is 13.2. The lowest BCUT2D eigenvalue weighted by Gasteiger charge is -1.98. The van der Waals surface area contributed by atoms with E-state index in [1.165, 1.54) is 0 Å². The molecule has 0 N–H and O–H groups in total. The van der Waals surface area contributed by atoms with Gasteiger partial charge in [-0.2, -0.15) is 5.10 Å². The van der Waals surface area contributed by atoms with Gasteiger partial charge < -0.3 is 4.42 Å². The fraction of sp³-hybridized carbons (Fsp3) is 0. The van der Waals surface area contributed by atoms with Gasteiger partial charge in [-0.25, -0.2) is 4.68 Å². The number of carbonyl (C=O) groups excluding carboxylic acids is 1. The lowest BCUT2D eigenvalue weighted by Crippen LogP contribution is -1.93. The van der Waals surface area contributed by atoms with E-state index in [1.807, 2.05) is 30.3 Å². The highest BCUT2D eigenvalue weighted by atomic mass is 16.3. The van der Waals surface area contributed by atoms with Crippen molar-refractivity contribution in [2.75, 3.05) is 0 Å². The van der Waals surface area contributed by atoms with Crippen LogP contribution in [0.2, 0.25) is 0 Å². The summed E-state index contributed by atoms with van der Waals surface area (Å²) < 4.78 is 6.94. The normalized spacial score (nSPS) is 10.4. The van der Waals surface area contributed by atoms with E-state index in [4.69, 9.17) is 4.42 Å². The second-order valence-corrected chi connectivity index (χ2v) is 3.81. The van der Waals surface area contributed by atoms with Crippen LogP contribution in [0.1, 0.15) is 10.4 Å². The molecule has 0 fully saturated rings. The summed E-state index contributed by atoms with van der Waals surface area (Å²) in [7, 11) is 0. The quantitative estimate of drug-likeness (QED) is 0.659. The Balaban J connectivity index is 2.12. The van der Waals surface area contributed by atoms with Crippen LogP contribution < -0.4 is 0 Å². The highest BCUT2D eigenvalue weighted by molar-refractivity contribution is 5.84. The first-order valence-electron chi connectivity index (χ1n) is 5.52. The van der Waals surface area contributed by atoms with Crippen LogP contribution in [0, 0.1) is 0 Å². The molecule has 88 valence electrons. The average Bonchev–Trinajstić information content (AvgIpc) is 3.08. The summed E-state index contributed by atoms with van der Waals surface area (Å²) in [6.07, 6.45) is 4.04. The summed E-state index contributed by atoms with van der Waals surface area (Å²) in [6.45, 7) is 0. The molecule has 0 spiro atoms. The SMILES string of the molecule is O=Cc1cn(-c2ccccc2)nc1-c1ccco1. The molecule has 1 aromatic carbocycles. The van der Waals surface area contributed by atoms with Crippen LogP contribution in [0.15, 0.2) is 59.3 Å². The Kier molecular flexibility index (Phi) is 2.53. The van der Waals surface area contributed by atoms with Gasteiger partial charge >= 0.3 is 0 Å². The van der Waals surface area contributed by atoms with Crippen LogP contribution in [0.25, 0.3) is 17.1 Å². The van der Waals surface area contributed by atoms with Gasteiger partial charge in [0.25, 0.3) is 0 Å². The number of aromatic nitrogens is 2. The van der Waals surface area contributed by atoms with Crippen LogP contribution >= 0.6 is 0 Å². The Bertz CT molecular complexity index is 654. The lowest BCUT2D eigenvalue weighted by molar-refractivity contribution is 0.112. The number of carbonyl (C=O) groups is 1. The van der Waals surface area contributed by atoms with Gasteiger partial charge in [-0.1, -0.05) is 18.2 Å². The topological polar surface area (TPSA) is 48.0 Å². The maximum atomic E-state index is 11.1. The third-order valence-corrected chi connectivity index (χ3v) is 2.64. The Hall–Kier alpha value is -2.62. The summed E-state index contributed by atoms with van der Waals surface area (Å²) in [5, 5.41) is 4.39. The zero-order valence-corrected chi connectivity index (χ0v) is 9.48. The van der Waals surface area contributed by atoms with Crippen molar-refractivity contribution in [3.63, 3.8) is 0 Å². The van der Waals surface area contributed by atoms with E-state index < -0.39 is 0 Å². The smallest absolute Gasteiger partial charge is 0.154 e. The molecule has 0 radical (unpaired) electrons. The molecule has 0 atom stereocenters. The standard InChI is InChI=1S/C14H10N2O2/c17-10-11-9-16(12-5-2-1-3-6-12)15-14(11)13-7-4-8-18-13/h1-10H. The summed E-state index contributed by atoms with van der Waals surface area (Å²) in [4.78, 5) is 11.1. The molecule has 2 aromatic heterocycles. The van der Waals surface area contributed by atoms with E-state index >= 15 is 0 Å². The molecular formula is C14H10N2O2. The number of benzene rings is 1. The van der Waals surface area contributed by atoms with Crippen molar-refractivity contribution in [2.45, 2.75) is 0 Å². The van der Waals surface area contributed by atoms with Crippen LogP contribution in [0.3, 0.4) is 0 Å². The Morgan fingerprint density at radius 3 is 2.61 bits per heavy atom. The largest absolute Gasteiger partial charge is 0.463 e. The van der Waals surface area contributed by atoms with Gasteiger partial charge in [0.2, 0.25) is 0 Å². The number of furan rings is 1. The molecule has 3 aromatic rings. The molecule has 4 nitrogen and oxygen atoms in total. The van der Waals surface area contributed by atoms with Gasteiger partial charge in [-0.05, 0) is 24.3 Å². The van der Waals surface area contributed by atoms with Gasteiger partial charge in [-0.15, -0.1) is 0 Å². The van der Waals surface area contributed by atoms with Gasteiger partial charge in [0.05, 0.1) is 17.5 Å². The Morgan fingerprint density at radius 2 is 1.94 bits per heavy atom. The molecule has 0 unspecified atom stereocenters. The number of para-hydroxylation sites is 1. The highest BCUT2D eigenvalue weighted by Gasteiger charge is 2.13. The van der Waals surface area contributed by atoms with Gasteiger partial charge in [0.15, 0.2) is 12.0 Å². The van der Waals surface area contributed by atoms with E-state index in [2.05, 4.69) is 5.10 Å². The molecule has 0 bridgehead atoms. The van der Waals surface area contributed by atoms with Gasteiger partial charge in [-0.3, -0.25) is 4.79 Å². The number of aldehydes is 1.